The lowest BCUT2D eigenvalue weighted by Gasteiger charge is -2.18. The van der Waals surface area contributed by atoms with Gasteiger partial charge < -0.3 is 15.7 Å². The summed E-state index contributed by atoms with van der Waals surface area (Å²) >= 11 is 0. The summed E-state index contributed by atoms with van der Waals surface area (Å²) < 4.78 is 1.70. The molecule has 0 unspecified atom stereocenters. The molecule has 1 aromatic heterocycles. The third kappa shape index (κ3) is 2.20. The van der Waals surface area contributed by atoms with Gasteiger partial charge in [0.1, 0.15) is 6.54 Å². The molecular weight excluding hydrogens is 196 g/mol. The van der Waals surface area contributed by atoms with Crippen LogP contribution >= 0.6 is 0 Å². The van der Waals surface area contributed by atoms with Crippen molar-refractivity contribution < 1.29 is 9.90 Å². The van der Waals surface area contributed by atoms with E-state index in [9.17, 15) is 4.79 Å². The third-order valence-electron chi connectivity index (χ3n) is 2.18. The molecule has 0 aliphatic rings. The van der Waals surface area contributed by atoms with Crippen LogP contribution in [0.3, 0.4) is 0 Å². The molecule has 3 N–H and O–H groups in total. The van der Waals surface area contributed by atoms with Crippen molar-refractivity contribution >= 4 is 17.5 Å². The van der Waals surface area contributed by atoms with Gasteiger partial charge in [-0.25, -0.2) is 4.68 Å². The van der Waals surface area contributed by atoms with Crippen LogP contribution in [0.5, 0.6) is 0 Å². The molecule has 0 aliphatic carbocycles. The zero-order chi connectivity index (χ0) is 11.6. The Bertz CT molecular complexity index is 372. The second-order valence-electron chi connectivity index (χ2n) is 3.39. The van der Waals surface area contributed by atoms with E-state index in [2.05, 4.69) is 5.10 Å². The number of aromatic nitrogens is 2. The number of hydrogen-bond acceptors (Lipinski definition) is 4. The smallest absolute Gasteiger partial charge is 0.323 e. The van der Waals surface area contributed by atoms with Crippen molar-refractivity contribution in [1.29, 1.82) is 0 Å². The van der Waals surface area contributed by atoms with E-state index < -0.39 is 5.97 Å². The van der Waals surface area contributed by atoms with Gasteiger partial charge in [0, 0.05) is 13.6 Å². The first-order valence-electron chi connectivity index (χ1n) is 4.73. The van der Waals surface area contributed by atoms with Crippen molar-refractivity contribution in [2.45, 2.75) is 20.4 Å². The molecule has 0 aromatic carbocycles. The molecule has 1 aromatic rings. The molecule has 0 fully saturated rings. The Morgan fingerprint density at radius 1 is 1.67 bits per heavy atom. The van der Waals surface area contributed by atoms with Crippen LogP contribution in [0.2, 0.25) is 0 Å². The second kappa shape index (κ2) is 4.20. The van der Waals surface area contributed by atoms with Crippen LogP contribution in [0.15, 0.2) is 0 Å². The van der Waals surface area contributed by atoms with Gasteiger partial charge in [0.15, 0.2) is 5.82 Å². The molecule has 1 heterocycles. The van der Waals surface area contributed by atoms with Crippen molar-refractivity contribution in [2.75, 3.05) is 24.2 Å². The molecule has 6 nitrogen and oxygen atoms in total. The lowest BCUT2D eigenvalue weighted by molar-refractivity contribution is -0.135. The predicted molar refractivity (Wildman–Crippen MR) is 58.0 cm³/mol. The molecule has 84 valence electrons. The van der Waals surface area contributed by atoms with Gasteiger partial charge in [-0.2, -0.15) is 5.10 Å². The number of nitrogen functional groups attached to an aromatic ring is 1. The number of aryl methyl sites for hydroxylation is 2. The molecule has 0 amide bonds. The minimum atomic E-state index is -0.890. The first-order valence-corrected chi connectivity index (χ1v) is 4.73. The number of nitrogens with two attached hydrogens (primary N) is 1. The summed E-state index contributed by atoms with van der Waals surface area (Å²) in [4.78, 5) is 12.2. The predicted octanol–water partition coefficient (Wildman–Crippen LogP) is 0.314. The van der Waals surface area contributed by atoms with Crippen molar-refractivity contribution in [2.24, 2.45) is 0 Å². The summed E-state index contributed by atoms with van der Waals surface area (Å²) in [6.45, 7) is 4.32. The Balaban J connectivity index is 3.05. The number of carboxylic acids is 1. The van der Waals surface area contributed by atoms with Gasteiger partial charge in [-0.1, -0.05) is 0 Å². The van der Waals surface area contributed by atoms with Gasteiger partial charge in [0.05, 0.1) is 11.4 Å². The molecule has 0 saturated heterocycles. The normalized spacial score (nSPS) is 10.3. The minimum absolute atomic E-state index is 0.0880. The Kier molecular flexibility index (Phi) is 3.18. The van der Waals surface area contributed by atoms with Crippen LogP contribution in [0.4, 0.5) is 11.5 Å². The van der Waals surface area contributed by atoms with E-state index in [-0.39, 0.29) is 6.54 Å². The molecule has 0 bridgehead atoms. The average molecular weight is 212 g/mol. The molecular formula is C9H16N4O2. The maximum Gasteiger partial charge on any atom is 0.323 e. The van der Waals surface area contributed by atoms with Gasteiger partial charge in [-0.3, -0.25) is 4.79 Å². The number of likely N-dealkylation sites (N-methyl/N-ethyl adjacent to an activating group) is 1. The van der Waals surface area contributed by atoms with E-state index in [1.54, 1.807) is 23.6 Å². The van der Waals surface area contributed by atoms with Crippen LogP contribution in [0, 0.1) is 6.92 Å². The fraction of sp³-hybridized carbons (Fsp3) is 0.556. The number of carbonyl (C=O) groups is 1. The van der Waals surface area contributed by atoms with Gasteiger partial charge in [0.2, 0.25) is 0 Å². The van der Waals surface area contributed by atoms with Crippen molar-refractivity contribution in [1.82, 2.24) is 9.78 Å². The van der Waals surface area contributed by atoms with Crippen LogP contribution < -0.4 is 10.6 Å². The van der Waals surface area contributed by atoms with E-state index in [1.165, 1.54) is 0 Å². The summed E-state index contributed by atoms with van der Waals surface area (Å²) in [6.07, 6.45) is 0. The van der Waals surface area contributed by atoms with E-state index in [0.717, 1.165) is 5.69 Å². The average Bonchev–Trinajstić information content (AvgIpc) is 2.41. The van der Waals surface area contributed by atoms with Crippen LogP contribution in [0.25, 0.3) is 0 Å². The first-order chi connectivity index (χ1) is 6.97. The third-order valence-corrected chi connectivity index (χ3v) is 2.18. The highest BCUT2D eigenvalue weighted by atomic mass is 16.4. The highest BCUT2D eigenvalue weighted by molar-refractivity contribution is 5.76. The number of aliphatic carboxylic acids is 1. The monoisotopic (exact) mass is 212 g/mol. The molecule has 6 heteroatoms. The number of hydrogen-bond donors (Lipinski definition) is 2. The fourth-order valence-corrected chi connectivity index (χ4v) is 1.48. The second-order valence-corrected chi connectivity index (χ2v) is 3.39. The van der Waals surface area contributed by atoms with Crippen molar-refractivity contribution in [3.8, 4) is 0 Å². The van der Waals surface area contributed by atoms with E-state index in [1.807, 2.05) is 6.92 Å². The van der Waals surface area contributed by atoms with E-state index >= 15 is 0 Å². The Morgan fingerprint density at radius 3 is 2.73 bits per heavy atom. The number of anilines is 2. The van der Waals surface area contributed by atoms with Crippen LogP contribution in [0.1, 0.15) is 12.6 Å². The van der Waals surface area contributed by atoms with Gasteiger partial charge in [0.25, 0.3) is 0 Å². The van der Waals surface area contributed by atoms with Gasteiger partial charge in [-0.15, -0.1) is 0 Å². The summed E-state index contributed by atoms with van der Waals surface area (Å²) in [5.41, 5.74) is 7.11. The largest absolute Gasteiger partial charge is 0.480 e. The SMILES string of the molecule is CCn1nc(C)c(N)c1N(C)CC(=O)O. The molecule has 0 aliphatic heterocycles. The molecule has 1 rings (SSSR count). The van der Waals surface area contributed by atoms with Crippen LogP contribution in [-0.2, 0) is 11.3 Å². The standard InChI is InChI=1S/C9H16N4O2/c1-4-13-9(8(10)6(2)11-13)12(3)5-7(14)15/h4-5,10H2,1-3H3,(H,14,15). The minimum Gasteiger partial charge on any atom is -0.480 e. The quantitative estimate of drug-likeness (QED) is 0.750. The van der Waals surface area contributed by atoms with E-state index in [4.69, 9.17) is 10.8 Å². The lowest BCUT2D eigenvalue weighted by Crippen LogP contribution is -2.28. The highest BCUT2D eigenvalue weighted by Crippen LogP contribution is 2.25. The Labute approximate surface area is 88.3 Å². The van der Waals surface area contributed by atoms with Crippen LogP contribution in [-0.4, -0.2) is 34.4 Å². The molecule has 15 heavy (non-hydrogen) atoms. The number of nitrogens with zero attached hydrogens (tertiary/aromatic N) is 3. The zero-order valence-electron chi connectivity index (χ0n) is 9.19. The number of carboxylic acid groups (broad SMARTS) is 1. The van der Waals surface area contributed by atoms with E-state index in [0.29, 0.717) is 18.1 Å². The Hall–Kier alpha value is -1.72. The maximum atomic E-state index is 10.6. The van der Waals surface area contributed by atoms with Crippen molar-refractivity contribution in [3.05, 3.63) is 5.69 Å². The topological polar surface area (TPSA) is 84.4 Å². The molecule has 0 atom stereocenters. The molecule has 0 saturated carbocycles. The zero-order valence-corrected chi connectivity index (χ0v) is 9.19. The summed E-state index contributed by atoms with van der Waals surface area (Å²) in [5, 5.41) is 12.9. The summed E-state index contributed by atoms with van der Waals surface area (Å²) in [6, 6.07) is 0. The molecule has 0 radical (unpaired) electrons. The maximum absolute atomic E-state index is 10.6. The fourth-order valence-electron chi connectivity index (χ4n) is 1.48. The lowest BCUT2D eigenvalue weighted by atomic mass is 10.3. The summed E-state index contributed by atoms with van der Waals surface area (Å²) in [5.74, 6) is -0.226. The number of rotatable bonds is 4. The molecule has 0 spiro atoms. The highest BCUT2D eigenvalue weighted by Gasteiger charge is 2.16. The van der Waals surface area contributed by atoms with Gasteiger partial charge in [-0.05, 0) is 13.8 Å². The van der Waals surface area contributed by atoms with Crippen molar-refractivity contribution in [3.63, 3.8) is 0 Å². The first kappa shape index (κ1) is 11.4. The Morgan fingerprint density at radius 2 is 2.27 bits per heavy atom. The van der Waals surface area contributed by atoms with Gasteiger partial charge >= 0.3 is 5.97 Å². The summed E-state index contributed by atoms with van der Waals surface area (Å²) in [7, 11) is 1.69.